The minimum atomic E-state index is -0.925. The number of rotatable bonds is 6. The van der Waals surface area contributed by atoms with Gasteiger partial charge in [-0.2, -0.15) is 11.8 Å². The van der Waals surface area contributed by atoms with Crippen LogP contribution >= 0.6 is 11.8 Å². The monoisotopic (exact) mass is 496 g/mol. The number of ether oxygens (including phenoxy) is 2. The first kappa shape index (κ1) is 23.7. The Bertz CT molecular complexity index is 1080. The number of carboxylic acids is 1. The number of alkyl carbamates (subject to hydrolysis) is 1. The maximum atomic E-state index is 13.3. The Hall–Kier alpha value is -3.04. The first-order valence-corrected chi connectivity index (χ1v) is 13.0. The quantitative estimate of drug-likeness (QED) is 0.634. The van der Waals surface area contributed by atoms with Crippen LogP contribution in [0.3, 0.4) is 0 Å². The lowest BCUT2D eigenvalue weighted by Crippen LogP contribution is -2.53. The van der Waals surface area contributed by atoms with E-state index in [1.165, 1.54) is 0 Å². The van der Waals surface area contributed by atoms with E-state index in [1.54, 1.807) is 16.7 Å². The Kier molecular flexibility index (Phi) is 6.97. The molecule has 2 aromatic carbocycles. The summed E-state index contributed by atoms with van der Waals surface area (Å²) in [7, 11) is 0. The smallest absolute Gasteiger partial charge is 0.407 e. The van der Waals surface area contributed by atoms with Gasteiger partial charge in [0.15, 0.2) is 0 Å². The second kappa shape index (κ2) is 10.3. The number of nitrogens with one attached hydrogen (secondary N) is 1. The molecule has 2 N–H and O–H groups in total. The Morgan fingerprint density at radius 2 is 1.74 bits per heavy atom. The van der Waals surface area contributed by atoms with Crippen molar-refractivity contribution < 1.29 is 29.0 Å². The van der Waals surface area contributed by atoms with Crippen molar-refractivity contribution in [3.63, 3.8) is 0 Å². The Morgan fingerprint density at radius 1 is 1.06 bits per heavy atom. The third-order valence-corrected chi connectivity index (χ3v) is 8.06. The molecule has 184 valence electrons. The van der Waals surface area contributed by atoms with E-state index in [0.717, 1.165) is 28.0 Å². The molecular weight excluding hydrogens is 468 g/mol. The lowest BCUT2D eigenvalue weighted by atomic mass is 9.98. The molecule has 35 heavy (non-hydrogen) atoms. The highest BCUT2D eigenvalue weighted by molar-refractivity contribution is 7.99. The van der Waals surface area contributed by atoms with Crippen LogP contribution in [0.2, 0.25) is 0 Å². The Balaban J connectivity index is 1.22. The molecule has 2 aromatic rings. The fourth-order valence-corrected chi connectivity index (χ4v) is 6.32. The summed E-state index contributed by atoms with van der Waals surface area (Å²) < 4.78 is 11.2. The van der Waals surface area contributed by atoms with E-state index in [4.69, 9.17) is 9.47 Å². The summed E-state index contributed by atoms with van der Waals surface area (Å²) in [5, 5.41) is 12.0. The summed E-state index contributed by atoms with van der Waals surface area (Å²) in [6.45, 7) is 1.09. The minimum absolute atomic E-state index is 0.0481. The highest BCUT2D eigenvalue weighted by atomic mass is 32.2. The second-order valence-electron chi connectivity index (χ2n) is 9.08. The zero-order valence-electron chi connectivity index (χ0n) is 19.2. The number of aliphatic carboxylic acids is 1. The number of nitrogens with zero attached hydrogens (tertiary/aromatic N) is 1. The fraction of sp³-hybridized carbons (Fsp3) is 0.423. The molecule has 2 fully saturated rings. The predicted molar refractivity (Wildman–Crippen MR) is 131 cm³/mol. The van der Waals surface area contributed by atoms with Crippen molar-refractivity contribution in [1.29, 1.82) is 0 Å². The number of thioether (sulfide) groups is 1. The van der Waals surface area contributed by atoms with Gasteiger partial charge in [0.1, 0.15) is 6.61 Å². The highest BCUT2D eigenvalue weighted by Crippen LogP contribution is 2.44. The number of hydrogen-bond donors (Lipinski definition) is 2. The number of hydrogen-bond acceptors (Lipinski definition) is 6. The van der Waals surface area contributed by atoms with Crippen molar-refractivity contribution >= 4 is 29.7 Å². The Labute approximate surface area is 208 Å². The molecule has 9 heteroatoms. The summed E-state index contributed by atoms with van der Waals surface area (Å²) in [6, 6.07) is 15.4. The standard InChI is InChI=1S/C26H28N2O6S/c29-24(30)11-16-15-35-10-9-28(16)25(31)22-12-33-14-23(22)27-26(32)34-13-21-19-7-3-1-5-17(19)18-6-2-4-8-20(18)21/h1-8,16,21-23H,9-15H2,(H,27,32)(H,29,30). The maximum absolute atomic E-state index is 13.3. The van der Waals surface area contributed by atoms with E-state index >= 15 is 0 Å². The van der Waals surface area contributed by atoms with Gasteiger partial charge in [-0.1, -0.05) is 48.5 Å². The molecule has 3 unspecified atom stereocenters. The zero-order chi connectivity index (χ0) is 24.4. The summed E-state index contributed by atoms with van der Waals surface area (Å²) >= 11 is 1.65. The number of fused-ring (bicyclic) bond motifs is 3. The van der Waals surface area contributed by atoms with Gasteiger partial charge >= 0.3 is 12.1 Å². The van der Waals surface area contributed by atoms with Crippen LogP contribution in [0.15, 0.2) is 48.5 Å². The third kappa shape index (κ3) is 4.88. The molecule has 5 rings (SSSR count). The largest absolute Gasteiger partial charge is 0.481 e. The van der Waals surface area contributed by atoms with Crippen molar-refractivity contribution in [2.45, 2.75) is 24.4 Å². The Morgan fingerprint density at radius 3 is 2.43 bits per heavy atom. The van der Waals surface area contributed by atoms with Crippen LogP contribution in [0.25, 0.3) is 11.1 Å². The van der Waals surface area contributed by atoms with Gasteiger partial charge in [0.25, 0.3) is 0 Å². The molecule has 1 aliphatic carbocycles. The molecule has 0 aromatic heterocycles. The molecule has 8 nitrogen and oxygen atoms in total. The molecule has 3 atom stereocenters. The minimum Gasteiger partial charge on any atom is -0.481 e. The normalized spacial score (nSPS) is 23.4. The van der Waals surface area contributed by atoms with E-state index in [1.807, 2.05) is 24.3 Å². The number of carbonyl (C=O) groups is 3. The van der Waals surface area contributed by atoms with Crippen molar-refractivity contribution in [1.82, 2.24) is 10.2 Å². The molecule has 2 amide bonds. The van der Waals surface area contributed by atoms with Gasteiger partial charge in [0.05, 0.1) is 37.6 Å². The lowest BCUT2D eigenvalue weighted by molar-refractivity contribution is -0.142. The van der Waals surface area contributed by atoms with Gasteiger partial charge in [-0.25, -0.2) is 4.79 Å². The summed E-state index contributed by atoms with van der Waals surface area (Å²) in [6.07, 6.45) is -0.673. The molecule has 0 spiro atoms. The predicted octanol–water partition coefficient (Wildman–Crippen LogP) is 2.96. The van der Waals surface area contributed by atoms with Gasteiger partial charge in [-0.3, -0.25) is 9.59 Å². The summed E-state index contributed by atoms with van der Waals surface area (Å²) in [5.41, 5.74) is 4.57. The maximum Gasteiger partial charge on any atom is 0.407 e. The molecule has 0 saturated carbocycles. The highest BCUT2D eigenvalue weighted by Gasteiger charge is 2.41. The number of benzene rings is 2. The van der Waals surface area contributed by atoms with E-state index in [0.29, 0.717) is 12.3 Å². The fourth-order valence-electron chi connectivity index (χ4n) is 5.26. The topological polar surface area (TPSA) is 105 Å². The van der Waals surface area contributed by atoms with Crippen LogP contribution in [0.1, 0.15) is 23.5 Å². The van der Waals surface area contributed by atoms with Crippen LogP contribution in [0, 0.1) is 5.92 Å². The van der Waals surface area contributed by atoms with Crippen molar-refractivity contribution in [3.05, 3.63) is 59.7 Å². The van der Waals surface area contributed by atoms with Gasteiger partial charge in [-0.05, 0) is 22.3 Å². The molecule has 2 saturated heterocycles. The summed E-state index contributed by atoms with van der Waals surface area (Å²) in [4.78, 5) is 38.9. The molecular formula is C26H28N2O6S. The van der Waals surface area contributed by atoms with Crippen molar-refractivity contribution in [3.8, 4) is 11.1 Å². The van der Waals surface area contributed by atoms with E-state index in [-0.39, 0.29) is 44.1 Å². The van der Waals surface area contributed by atoms with Crippen molar-refractivity contribution in [2.75, 3.05) is 37.9 Å². The van der Waals surface area contributed by atoms with Crippen LogP contribution in [-0.2, 0) is 19.1 Å². The van der Waals surface area contributed by atoms with Gasteiger partial charge in [0.2, 0.25) is 5.91 Å². The number of amides is 2. The van der Waals surface area contributed by atoms with Crippen LogP contribution < -0.4 is 5.32 Å². The van der Waals surface area contributed by atoms with Gasteiger partial charge in [0, 0.05) is 24.0 Å². The van der Waals surface area contributed by atoms with Crippen LogP contribution in [0.4, 0.5) is 4.79 Å². The van der Waals surface area contributed by atoms with Gasteiger partial charge < -0.3 is 24.8 Å². The van der Waals surface area contributed by atoms with Crippen LogP contribution in [0.5, 0.6) is 0 Å². The molecule has 0 radical (unpaired) electrons. The average molecular weight is 497 g/mol. The van der Waals surface area contributed by atoms with Crippen LogP contribution in [-0.4, -0.2) is 77.9 Å². The molecule has 3 aliphatic rings. The first-order chi connectivity index (χ1) is 17.0. The average Bonchev–Trinajstić information content (AvgIpc) is 3.45. The number of carbonyl (C=O) groups excluding carboxylic acids is 2. The second-order valence-corrected chi connectivity index (χ2v) is 10.2. The van der Waals surface area contributed by atoms with Gasteiger partial charge in [-0.15, -0.1) is 0 Å². The SMILES string of the molecule is O=C(O)CC1CSCCN1C(=O)C1COCC1NC(=O)OCC1c2ccccc2-c2ccccc21. The molecule has 2 heterocycles. The lowest BCUT2D eigenvalue weighted by Gasteiger charge is -2.37. The molecule has 0 bridgehead atoms. The first-order valence-electron chi connectivity index (χ1n) is 11.8. The number of carboxylic acid groups (broad SMARTS) is 1. The van der Waals surface area contributed by atoms with E-state index in [9.17, 15) is 19.5 Å². The zero-order valence-corrected chi connectivity index (χ0v) is 20.0. The summed E-state index contributed by atoms with van der Waals surface area (Å²) in [5.74, 6) is -0.345. The van der Waals surface area contributed by atoms with Crippen molar-refractivity contribution in [2.24, 2.45) is 5.92 Å². The van der Waals surface area contributed by atoms with E-state index in [2.05, 4.69) is 29.6 Å². The molecule has 2 aliphatic heterocycles. The van der Waals surface area contributed by atoms with E-state index < -0.39 is 24.0 Å². The third-order valence-electron chi connectivity index (χ3n) is 6.97.